The zero-order valence-corrected chi connectivity index (χ0v) is 13.2. The van der Waals surface area contributed by atoms with Crippen molar-refractivity contribution in [1.29, 1.82) is 0 Å². The number of ketones is 1. The molecule has 0 radical (unpaired) electrons. The summed E-state index contributed by atoms with van der Waals surface area (Å²) in [5.41, 5.74) is 2.52. The van der Waals surface area contributed by atoms with Gasteiger partial charge in [-0.2, -0.15) is 0 Å². The molecular weight excluding hydrogens is 324 g/mol. The zero-order chi connectivity index (χ0) is 17.4. The van der Waals surface area contributed by atoms with Crippen molar-refractivity contribution in [3.05, 3.63) is 82.7 Å². The lowest BCUT2D eigenvalue weighted by Crippen LogP contribution is -2.25. The average Bonchev–Trinajstić information content (AvgIpc) is 2.80. The highest BCUT2D eigenvalue weighted by molar-refractivity contribution is 6.14. The molecular formula is C19H15F2N3O. The van der Waals surface area contributed by atoms with E-state index in [9.17, 15) is 13.6 Å². The molecule has 0 fully saturated rings. The number of fused-ring (bicyclic) bond motifs is 1. The number of hydrogen-bond acceptors (Lipinski definition) is 4. The van der Waals surface area contributed by atoms with Crippen LogP contribution in [0.2, 0.25) is 0 Å². The average molecular weight is 339 g/mol. The third kappa shape index (κ3) is 2.76. The maximum Gasteiger partial charge on any atom is 0.198 e. The van der Waals surface area contributed by atoms with Crippen LogP contribution in [0.5, 0.6) is 0 Å². The fraction of sp³-hybridized carbons (Fsp3) is 0.105. The van der Waals surface area contributed by atoms with Crippen LogP contribution in [-0.4, -0.2) is 18.9 Å². The molecule has 0 spiro atoms. The van der Waals surface area contributed by atoms with Gasteiger partial charge in [0, 0.05) is 30.3 Å². The van der Waals surface area contributed by atoms with Crippen molar-refractivity contribution in [2.75, 3.05) is 23.7 Å². The van der Waals surface area contributed by atoms with E-state index in [1.54, 1.807) is 12.1 Å². The fourth-order valence-corrected chi connectivity index (χ4v) is 2.99. The Morgan fingerprint density at radius 1 is 1.04 bits per heavy atom. The van der Waals surface area contributed by atoms with Crippen LogP contribution in [0, 0.1) is 11.6 Å². The molecule has 2 aliphatic heterocycles. The van der Waals surface area contributed by atoms with E-state index in [2.05, 4.69) is 16.0 Å². The first-order valence-corrected chi connectivity index (χ1v) is 7.91. The van der Waals surface area contributed by atoms with Crippen LogP contribution in [0.15, 0.2) is 59.9 Å². The van der Waals surface area contributed by atoms with Gasteiger partial charge in [-0.25, -0.2) is 8.78 Å². The highest BCUT2D eigenvalue weighted by Crippen LogP contribution is 2.32. The van der Waals surface area contributed by atoms with Crippen LogP contribution in [0.3, 0.4) is 0 Å². The van der Waals surface area contributed by atoms with Gasteiger partial charge < -0.3 is 16.0 Å². The van der Waals surface area contributed by atoms with Gasteiger partial charge in [0.1, 0.15) is 17.5 Å². The van der Waals surface area contributed by atoms with Gasteiger partial charge in [-0.05, 0) is 24.3 Å². The number of para-hydroxylation sites is 1. The number of anilines is 2. The van der Waals surface area contributed by atoms with Crippen LogP contribution in [0.1, 0.15) is 15.9 Å². The van der Waals surface area contributed by atoms with Gasteiger partial charge >= 0.3 is 0 Å². The predicted octanol–water partition coefficient (Wildman–Crippen LogP) is 3.40. The molecule has 2 heterocycles. The number of hydrogen-bond donors (Lipinski definition) is 3. The van der Waals surface area contributed by atoms with Crippen LogP contribution in [0.4, 0.5) is 20.2 Å². The molecule has 0 atom stereocenters. The molecule has 2 aromatic rings. The second-order valence-corrected chi connectivity index (χ2v) is 5.84. The minimum Gasteiger partial charge on any atom is -0.379 e. The molecule has 126 valence electrons. The summed E-state index contributed by atoms with van der Waals surface area (Å²) in [5.74, 6) is -1.27. The van der Waals surface area contributed by atoms with Crippen LogP contribution < -0.4 is 16.0 Å². The first kappa shape index (κ1) is 15.4. The Kier molecular flexibility index (Phi) is 3.72. The molecule has 6 heteroatoms. The topological polar surface area (TPSA) is 53.2 Å². The highest BCUT2D eigenvalue weighted by Gasteiger charge is 2.23. The molecule has 0 bridgehead atoms. The monoisotopic (exact) mass is 339 g/mol. The fourth-order valence-electron chi connectivity index (χ4n) is 2.99. The van der Waals surface area contributed by atoms with Crippen molar-refractivity contribution >= 4 is 17.2 Å². The van der Waals surface area contributed by atoms with E-state index in [1.807, 2.05) is 18.2 Å². The molecule has 25 heavy (non-hydrogen) atoms. The lowest BCUT2D eigenvalue weighted by molar-refractivity contribution is 0.103. The summed E-state index contributed by atoms with van der Waals surface area (Å²) in [6.07, 6.45) is 4.02. The van der Waals surface area contributed by atoms with Gasteiger partial charge in [-0.3, -0.25) is 4.79 Å². The predicted molar refractivity (Wildman–Crippen MR) is 92.5 cm³/mol. The lowest BCUT2D eigenvalue weighted by Gasteiger charge is -2.18. The molecule has 2 aromatic carbocycles. The van der Waals surface area contributed by atoms with Gasteiger partial charge in [0.25, 0.3) is 0 Å². The summed E-state index contributed by atoms with van der Waals surface area (Å²) in [7, 11) is 0. The molecule has 0 saturated carbocycles. The smallest absolute Gasteiger partial charge is 0.198 e. The second-order valence-electron chi connectivity index (χ2n) is 5.84. The van der Waals surface area contributed by atoms with E-state index >= 15 is 0 Å². The number of benzene rings is 2. The Bertz CT molecular complexity index is 934. The van der Waals surface area contributed by atoms with Gasteiger partial charge in [-0.1, -0.05) is 18.2 Å². The Balaban J connectivity index is 1.78. The van der Waals surface area contributed by atoms with Crippen molar-refractivity contribution in [3.63, 3.8) is 0 Å². The van der Waals surface area contributed by atoms with Crippen LogP contribution >= 0.6 is 0 Å². The number of nitrogens with one attached hydrogen (secondary N) is 3. The molecule has 0 unspecified atom stereocenters. The summed E-state index contributed by atoms with van der Waals surface area (Å²) < 4.78 is 27.2. The van der Waals surface area contributed by atoms with Crippen molar-refractivity contribution in [2.45, 2.75) is 0 Å². The SMILES string of the molecule is O=C(c1ccc(F)cc1F)c1cccc2c1NC1=C(C=CCN1)CN2. The third-order valence-corrected chi connectivity index (χ3v) is 4.24. The van der Waals surface area contributed by atoms with Gasteiger partial charge in [0.05, 0.1) is 16.9 Å². The first-order valence-electron chi connectivity index (χ1n) is 7.91. The minimum atomic E-state index is -0.872. The standard InChI is InChI=1S/C19H15F2N3O/c20-12-6-7-13(15(21)9-12)18(25)14-4-1-5-16-17(14)24-19-11(10-23-16)3-2-8-22-19/h1-7,9,22-24H,8,10H2. The van der Waals surface area contributed by atoms with E-state index in [0.717, 1.165) is 23.1 Å². The number of halogens is 2. The number of rotatable bonds is 2. The lowest BCUT2D eigenvalue weighted by atomic mass is 10.00. The minimum absolute atomic E-state index is 0.161. The maximum absolute atomic E-state index is 14.0. The summed E-state index contributed by atoms with van der Waals surface area (Å²) >= 11 is 0. The third-order valence-electron chi connectivity index (χ3n) is 4.24. The molecule has 3 N–H and O–H groups in total. The molecule has 0 aromatic heterocycles. The first-order chi connectivity index (χ1) is 12.1. The Morgan fingerprint density at radius 3 is 2.76 bits per heavy atom. The Labute approximate surface area is 143 Å². The van der Waals surface area contributed by atoms with E-state index in [0.29, 0.717) is 30.4 Å². The molecule has 0 saturated heterocycles. The van der Waals surface area contributed by atoms with E-state index < -0.39 is 17.4 Å². The largest absolute Gasteiger partial charge is 0.379 e. The molecule has 4 rings (SSSR count). The molecule has 2 aliphatic rings. The van der Waals surface area contributed by atoms with Gasteiger partial charge in [0.15, 0.2) is 5.78 Å². The Morgan fingerprint density at radius 2 is 1.92 bits per heavy atom. The zero-order valence-electron chi connectivity index (χ0n) is 13.2. The maximum atomic E-state index is 14.0. The normalized spacial score (nSPS) is 15.3. The Hall–Kier alpha value is -3.15. The summed E-state index contributed by atoms with van der Waals surface area (Å²) in [6, 6.07) is 8.18. The van der Waals surface area contributed by atoms with E-state index in [-0.39, 0.29) is 5.56 Å². The number of carbonyl (C=O) groups excluding carboxylic acids is 1. The van der Waals surface area contributed by atoms with Crippen molar-refractivity contribution in [2.24, 2.45) is 0 Å². The van der Waals surface area contributed by atoms with Crippen molar-refractivity contribution in [1.82, 2.24) is 5.32 Å². The van der Waals surface area contributed by atoms with Crippen LogP contribution in [-0.2, 0) is 0 Å². The van der Waals surface area contributed by atoms with Gasteiger partial charge in [0.2, 0.25) is 0 Å². The molecule has 0 aliphatic carbocycles. The number of dihydropyridines is 1. The summed E-state index contributed by atoms with van der Waals surface area (Å²) in [4.78, 5) is 12.8. The van der Waals surface area contributed by atoms with Crippen molar-refractivity contribution < 1.29 is 13.6 Å². The molecule has 4 nitrogen and oxygen atoms in total. The van der Waals surface area contributed by atoms with E-state index in [1.165, 1.54) is 6.07 Å². The quantitative estimate of drug-likeness (QED) is 0.734. The van der Waals surface area contributed by atoms with E-state index in [4.69, 9.17) is 0 Å². The second kappa shape index (κ2) is 6.05. The molecule has 0 amide bonds. The van der Waals surface area contributed by atoms with Crippen LogP contribution in [0.25, 0.3) is 0 Å². The summed E-state index contributed by atoms with van der Waals surface area (Å²) in [6.45, 7) is 1.28. The summed E-state index contributed by atoms with van der Waals surface area (Å²) in [5, 5.41) is 9.76. The highest BCUT2D eigenvalue weighted by atomic mass is 19.1. The number of carbonyl (C=O) groups is 1. The van der Waals surface area contributed by atoms with Gasteiger partial charge in [-0.15, -0.1) is 0 Å². The van der Waals surface area contributed by atoms with Crippen molar-refractivity contribution in [3.8, 4) is 0 Å².